The van der Waals surface area contributed by atoms with Crippen LogP contribution in [0, 0.1) is 5.92 Å². The molecule has 3 aliphatic heterocycles. The van der Waals surface area contributed by atoms with Crippen LogP contribution in [0.3, 0.4) is 0 Å². The first-order valence-corrected chi connectivity index (χ1v) is 10.2. The number of carbonyl (C=O) groups is 2. The Morgan fingerprint density at radius 3 is 2.74 bits per heavy atom. The fourth-order valence-corrected chi connectivity index (χ4v) is 4.45. The van der Waals surface area contributed by atoms with E-state index in [1.807, 2.05) is 34.1 Å². The molecule has 2 amide bonds. The quantitative estimate of drug-likeness (QED) is 0.788. The Kier molecular flexibility index (Phi) is 5.55. The number of ether oxygens (including phenoxy) is 1. The van der Waals surface area contributed by atoms with Gasteiger partial charge in [-0.05, 0) is 31.0 Å². The summed E-state index contributed by atoms with van der Waals surface area (Å²) >= 11 is 6.08. The summed E-state index contributed by atoms with van der Waals surface area (Å²) in [6, 6.07) is 7.81. The summed E-state index contributed by atoms with van der Waals surface area (Å²) in [5.74, 6) is -0.0121. The topological polar surface area (TPSA) is 53.1 Å². The van der Waals surface area contributed by atoms with Crippen molar-refractivity contribution in [3.63, 3.8) is 0 Å². The fraction of sp³-hybridized carbons (Fsp3) is 0.600. The first-order valence-electron chi connectivity index (χ1n) is 9.79. The van der Waals surface area contributed by atoms with Gasteiger partial charge in [0.2, 0.25) is 11.8 Å². The van der Waals surface area contributed by atoms with Crippen LogP contribution in [0.15, 0.2) is 24.3 Å². The molecule has 1 aromatic carbocycles. The van der Waals surface area contributed by atoms with Gasteiger partial charge in [-0.3, -0.25) is 9.59 Å². The van der Waals surface area contributed by atoms with Gasteiger partial charge in [-0.25, -0.2) is 0 Å². The third-order valence-corrected chi connectivity index (χ3v) is 6.01. The molecule has 0 bridgehead atoms. The molecule has 4 rings (SSSR count). The van der Waals surface area contributed by atoms with Gasteiger partial charge in [0, 0.05) is 63.0 Å². The highest BCUT2D eigenvalue weighted by Crippen LogP contribution is 2.25. The summed E-state index contributed by atoms with van der Waals surface area (Å²) in [7, 11) is 0. The number of hydrogen-bond donors (Lipinski definition) is 0. The molecule has 0 aromatic heterocycles. The second-order valence-electron chi connectivity index (χ2n) is 7.63. The lowest BCUT2D eigenvalue weighted by atomic mass is 10.1. The van der Waals surface area contributed by atoms with Crippen molar-refractivity contribution in [2.45, 2.75) is 25.4 Å². The van der Waals surface area contributed by atoms with Crippen LogP contribution in [-0.4, -0.2) is 73.6 Å². The molecule has 7 heteroatoms. The van der Waals surface area contributed by atoms with Crippen molar-refractivity contribution >= 4 is 29.1 Å². The summed E-state index contributed by atoms with van der Waals surface area (Å²) in [6.07, 6.45) is 2.55. The van der Waals surface area contributed by atoms with E-state index in [0.29, 0.717) is 32.6 Å². The number of likely N-dealkylation sites (tertiary alicyclic amines) is 1. The lowest BCUT2D eigenvalue weighted by Gasteiger charge is -2.37. The summed E-state index contributed by atoms with van der Waals surface area (Å²) in [5.41, 5.74) is 1.09. The van der Waals surface area contributed by atoms with E-state index < -0.39 is 0 Å². The van der Waals surface area contributed by atoms with Gasteiger partial charge in [0.15, 0.2) is 0 Å². The molecule has 0 aliphatic carbocycles. The molecule has 6 nitrogen and oxygen atoms in total. The zero-order valence-corrected chi connectivity index (χ0v) is 16.2. The van der Waals surface area contributed by atoms with E-state index in [1.54, 1.807) is 0 Å². The lowest BCUT2D eigenvalue weighted by molar-refractivity contribution is -0.136. The predicted octanol–water partition coefficient (Wildman–Crippen LogP) is 2.02. The van der Waals surface area contributed by atoms with Gasteiger partial charge < -0.3 is 19.4 Å². The molecule has 27 heavy (non-hydrogen) atoms. The zero-order valence-electron chi connectivity index (χ0n) is 15.5. The Labute approximate surface area is 165 Å². The van der Waals surface area contributed by atoms with E-state index in [4.69, 9.17) is 16.3 Å². The Morgan fingerprint density at radius 1 is 1.22 bits per heavy atom. The predicted molar refractivity (Wildman–Crippen MR) is 104 cm³/mol. The highest BCUT2D eigenvalue weighted by Gasteiger charge is 2.38. The Morgan fingerprint density at radius 2 is 2.04 bits per heavy atom. The monoisotopic (exact) mass is 391 g/mol. The van der Waals surface area contributed by atoms with E-state index in [2.05, 4.69) is 4.90 Å². The van der Waals surface area contributed by atoms with Crippen LogP contribution < -0.4 is 4.90 Å². The molecule has 3 aliphatic rings. The smallest absolute Gasteiger partial charge is 0.228 e. The van der Waals surface area contributed by atoms with Gasteiger partial charge in [0.25, 0.3) is 0 Å². The van der Waals surface area contributed by atoms with Gasteiger partial charge in [-0.1, -0.05) is 17.7 Å². The number of amides is 2. The minimum atomic E-state index is -0.211. The maximum absolute atomic E-state index is 12.9. The standard InChI is InChI=1S/C20H26ClN3O3/c21-16-3-1-4-17(12-16)22-6-8-23(9-7-22)20(26)15-11-19(25)24(13-15)14-18-5-2-10-27-18/h1,3-4,12,15,18H,2,5-11,13-14H2. The Bertz CT molecular complexity index is 699. The van der Waals surface area contributed by atoms with E-state index in [-0.39, 0.29) is 23.8 Å². The molecule has 2 unspecified atom stereocenters. The van der Waals surface area contributed by atoms with Gasteiger partial charge in [-0.15, -0.1) is 0 Å². The summed E-state index contributed by atoms with van der Waals surface area (Å²) < 4.78 is 5.63. The average Bonchev–Trinajstić information content (AvgIpc) is 3.32. The fourth-order valence-electron chi connectivity index (χ4n) is 4.26. The average molecular weight is 392 g/mol. The van der Waals surface area contributed by atoms with Gasteiger partial charge in [-0.2, -0.15) is 0 Å². The van der Waals surface area contributed by atoms with Crippen molar-refractivity contribution in [3.8, 4) is 0 Å². The number of halogens is 1. The molecule has 0 N–H and O–H groups in total. The number of piperazine rings is 1. The summed E-state index contributed by atoms with van der Waals surface area (Å²) in [5, 5.41) is 0.724. The van der Waals surface area contributed by atoms with Gasteiger partial charge >= 0.3 is 0 Å². The van der Waals surface area contributed by atoms with Crippen LogP contribution in [0.25, 0.3) is 0 Å². The number of hydrogen-bond acceptors (Lipinski definition) is 4. The lowest BCUT2D eigenvalue weighted by Crippen LogP contribution is -2.50. The van der Waals surface area contributed by atoms with Crippen LogP contribution in [0.2, 0.25) is 5.02 Å². The molecule has 3 heterocycles. The molecular weight excluding hydrogens is 366 g/mol. The number of carbonyl (C=O) groups excluding carboxylic acids is 2. The van der Waals surface area contributed by atoms with Crippen molar-refractivity contribution in [2.24, 2.45) is 5.92 Å². The van der Waals surface area contributed by atoms with Crippen LogP contribution >= 0.6 is 11.6 Å². The summed E-state index contributed by atoms with van der Waals surface area (Å²) in [4.78, 5) is 31.2. The van der Waals surface area contributed by atoms with Crippen molar-refractivity contribution < 1.29 is 14.3 Å². The van der Waals surface area contributed by atoms with Crippen molar-refractivity contribution in [1.82, 2.24) is 9.80 Å². The van der Waals surface area contributed by atoms with Crippen molar-refractivity contribution in [3.05, 3.63) is 29.3 Å². The van der Waals surface area contributed by atoms with Crippen LogP contribution in [0.5, 0.6) is 0 Å². The van der Waals surface area contributed by atoms with E-state index in [0.717, 1.165) is 43.2 Å². The van der Waals surface area contributed by atoms with Crippen molar-refractivity contribution in [2.75, 3.05) is 50.8 Å². The second-order valence-corrected chi connectivity index (χ2v) is 8.06. The molecule has 2 atom stereocenters. The van der Waals surface area contributed by atoms with Crippen molar-refractivity contribution in [1.29, 1.82) is 0 Å². The number of benzene rings is 1. The van der Waals surface area contributed by atoms with Crippen LogP contribution in [-0.2, 0) is 14.3 Å². The minimum Gasteiger partial charge on any atom is -0.376 e. The van der Waals surface area contributed by atoms with Crippen LogP contribution in [0.1, 0.15) is 19.3 Å². The molecule has 146 valence electrons. The number of rotatable bonds is 4. The van der Waals surface area contributed by atoms with Crippen LogP contribution in [0.4, 0.5) is 5.69 Å². The van der Waals surface area contributed by atoms with E-state index in [9.17, 15) is 9.59 Å². The Balaban J connectivity index is 1.29. The first-order chi connectivity index (χ1) is 13.1. The van der Waals surface area contributed by atoms with E-state index in [1.165, 1.54) is 0 Å². The second kappa shape index (κ2) is 8.07. The SMILES string of the molecule is O=C1CC(C(=O)N2CCN(c3cccc(Cl)c3)CC2)CN1CC1CCCO1. The molecule has 0 saturated carbocycles. The summed E-state index contributed by atoms with van der Waals surface area (Å²) in [6.45, 7) is 4.88. The maximum Gasteiger partial charge on any atom is 0.228 e. The third-order valence-electron chi connectivity index (χ3n) is 5.78. The highest BCUT2D eigenvalue weighted by atomic mass is 35.5. The number of nitrogens with zero attached hydrogens (tertiary/aromatic N) is 3. The van der Waals surface area contributed by atoms with Gasteiger partial charge in [0.05, 0.1) is 12.0 Å². The van der Waals surface area contributed by atoms with E-state index >= 15 is 0 Å². The van der Waals surface area contributed by atoms with Gasteiger partial charge in [0.1, 0.15) is 0 Å². The molecule has 3 fully saturated rings. The largest absolute Gasteiger partial charge is 0.376 e. The molecule has 3 saturated heterocycles. The molecule has 1 aromatic rings. The maximum atomic E-state index is 12.9. The molecular formula is C20H26ClN3O3. The Hall–Kier alpha value is -1.79. The first kappa shape index (κ1) is 18.6. The third kappa shape index (κ3) is 4.22. The number of anilines is 1. The zero-order chi connectivity index (χ0) is 18.8. The minimum absolute atomic E-state index is 0.0846. The molecule has 0 spiro atoms. The highest BCUT2D eigenvalue weighted by molar-refractivity contribution is 6.30. The molecule has 0 radical (unpaired) electrons. The normalized spacial score (nSPS) is 26.1.